The minimum absolute atomic E-state index is 0.0365. The number of nitrogens with one attached hydrogen (secondary N) is 1. The monoisotopic (exact) mass is 356 g/mol. The summed E-state index contributed by atoms with van der Waals surface area (Å²) in [7, 11) is 1.86. The van der Waals surface area contributed by atoms with Crippen LogP contribution in [-0.2, 0) is 0 Å². The molecule has 1 aromatic carbocycles. The van der Waals surface area contributed by atoms with Gasteiger partial charge in [-0.2, -0.15) is 0 Å². The van der Waals surface area contributed by atoms with Gasteiger partial charge in [0.1, 0.15) is 6.61 Å². The topological polar surface area (TPSA) is 50.8 Å². The highest BCUT2D eigenvalue weighted by molar-refractivity contribution is 5.75. The summed E-state index contributed by atoms with van der Waals surface area (Å²) in [5.74, 6) is 4.04. The summed E-state index contributed by atoms with van der Waals surface area (Å²) in [6.07, 6.45) is 7.56. The van der Waals surface area contributed by atoms with Crippen molar-refractivity contribution in [1.82, 2.24) is 10.2 Å². The molecule has 4 aliphatic carbocycles. The number of carbonyl (C=O) groups is 1. The highest BCUT2D eigenvalue weighted by atomic mass is 16.6. The highest BCUT2D eigenvalue weighted by Crippen LogP contribution is 2.55. The fraction of sp³-hybridized carbons (Fsp3) is 0.667. The molecule has 5 heteroatoms. The van der Waals surface area contributed by atoms with Crippen molar-refractivity contribution in [3.63, 3.8) is 0 Å². The molecule has 26 heavy (non-hydrogen) atoms. The Kier molecular flexibility index (Phi) is 3.80. The molecule has 6 rings (SSSR count). The summed E-state index contributed by atoms with van der Waals surface area (Å²) in [5.41, 5.74) is 0.0522. The normalized spacial score (nSPS) is 36.7. The molecule has 1 N–H and O–H groups in total. The lowest BCUT2D eigenvalue weighted by Crippen LogP contribution is -2.62. The first-order valence-electron chi connectivity index (χ1n) is 10.0. The van der Waals surface area contributed by atoms with Crippen molar-refractivity contribution >= 4 is 6.03 Å². The Balaban J connectivity index is 1.20. The van der Waals surface area contributed by atoms with Crippen LogP contribution in [0.5, 0.6) is 11.5 Å². The van der Waals surface area contributed by atoms with Gasteiger partial charge >= 0.3 is 6.03 Å². The average Bonchev–Trinajstić information content (AvgIpc) is 2.60. The summed E-state index contributed by atoms with van der Waals surface area (Å²) in [6, 6.07) is 7.74. The molecule has 5 aliphatic rings. The number of nitrogens with zero attached hydrogens (tertiary/aromatic N) is 1. The molecule has 1 aliphatic heterocycles. The molecule has 0 aromatic heterocycles. The van der Waals surface area contributed by atoms with Crippen molar-refractivity contribution in [2.24, 2.45) is 17.8 Å². The van der Waals surface area contributed by atoms with E-state index < -0.39 is 0 Å². The van der Waals surface area contributed by atoms with E-state index in [2.05, 4.69) is 5.32 Å². The third-order valence-electron chi connectivity index (χ3n) is 6.80. The van der Waals surface area contributed by atoms with Gasteiger partial charge in [-0.3, -0.25) is 0 Å². The van der Waals surface area contributed by atoms with Gasteiger partial charge in [0.15, 0.2) is 17.6 Å². The number of likely N-dealkylation sites (N-methyl/N-ethyl adjacent to an activating group) is 1. The molecule has 1 heterocycles. The molecule has 4 fully saturated rings. The third-order valence-corrected chi connectivity index (χ3v) is 6.80. The van der Waals surface area contributed by atoms with Crippen molar-refractivity contribution in [2.45, 2.75) is 50.2 Å². The van der Waals surface area contributed by atoms with Crippen LogP contribution in [0, 0.1) is 17.8 Å². The first kappa shape index (κ1) is 16.3. The highest BCUT2D eigenvalue weighted by Gasteiger charge is 2.51. The molecule has 140 valence electrons. The van der Waals surface area contributed by atoms with Crippen LogP contribution in [0.4, 0.5) is 4.79 Å². The molecule has 4 bridgehead atoms. The maximum absolute atomic E-state index is 12.9. The summed E-state index contributed by atoms with van der Waals surface area (Å²) < 4.78 is 11.8. The number of fused-ring (bicyclic) bond motifs is 1. The molecule has 0 spiro atoms. The van der Waals surface area contributed by atoms with Crippen molar-refractivity contribution in [3.8, 4) is 11.5 Å². The van der Waals surface area contributed by atoms with Crippen molar-refractivity contribution < 1.29 is 14.3 Å². The molecular formula is C21H28N2O3. The van der Waals surface area contributed by atoms with E-state index in [0.717, 1.165) is 29.3 Å². The number of benzene rings is 1. The van der Waals surface area contributed by atoms with E-state index in [1.165, 1.54) is 38.5 Å². The standard InChI is InChI=1S/C21H28N2O3/c1-23(12-17-13-25-18-4-2-3-5-19(18)26-17)20(24)22-21-9-14-6-15(10-21)8-16(7-14)11-21/h2-5,14-17H,6-13H2,1H3,(H,22,24)/t14?,15?,16?,17-,21?/m0/s1. The Morgan fingerprint density at radius 3 is 2.38 bits per heavy atom. The summed E-state index contributed by atoms with van der Waals surface area (Å²) in [5, 5.41) is 3.42. The van der Waals surface area contributed by atoms with Gasteiger partial charge in [-0.15, -0.1) is 0 Å². The molecule has 1 aromatic rings. The molecule has 1 atom stereocenters. The van der Waals surface area contributed by atoms with Crippen molar-refractivity contribution in [3.05, 3.63) is 24.3 Å². The van der Waals surface area contributed by atoms with E-state index in [0.29, 0.717) is 13.2 Å². The zero-order chi connectivity index (χ0) is 17.7. The van der Waals surface area contributed by atoms with Crippen LogP contribution in [-0.4, -0.2) is 42.8 Å². The number of hydrogen-bond acceptors (Lipinski definition) is 3. The van der Waals surface area contributed by atoms with Gasteiger partial charge in [0.25, 0.3) is 0 Å². The largest absolute Gasteiger partial charge is 0.486 e. The number of ether oxygens (including phenoxy) is 2. The number of amides is 2. The Morgan fingerprint density at radius 1 is 1.12 bits per heavy atom. The Morgan fingerprint density at radius 2 is 1.73 bits per heavy atom. The van der Waals surface area contributed by atoms with Crippen LogP contribution in [0.3, 0.4) is 0 Å². The van der Waals surface area contributed by atoms with E-state index in [4.69, 9.17) is 9.47 Å². The van der Waals surface area contributed by atoms with E-state index in [1.54, 1.807) is 4.90 Å². The Labute approximate surface area is 155 Å². The van der Waals surface area contributed by atoms with Gasteiger partial charge in [-0.1, -0.05) is 12.1 Å². The van der Waals surface area contributed by atoms with Gasteiger partial charge in [-0.05, 0) is 68.4 Å². The number of rotatable bonds is 3. The van der Waals surface area contributed by atoms with Crippen LogP contribution in [0.15, 0.2) is 24.3 Å². The second kappa shape index (κ2) is 6.07. The Hall–Kier alpha value is -1.91. The second-order valence-corrected chi connectivity index (χ2v) is 9.01. The molecule has 4 saturated carbocycles. The molecular weight excluding hydrogens is 328 g/mol. The van der Waals surface area contributed by atoms with Crippen molar-refractivity contribution in [1.29, 1.82) is 0 Å². The van der Waals surface area contributed by atoms with Crippen LogP contribution in [0.2, 0.25) is 0 Å². The summed E-state index contributed by atoms with van der Waals surface area (Å²) >= 11 is 0. The number of carbonyl (C=O) groups excluding carboxylic acids is 1. The van der Waals surface area contributed by atoms with Crippen LogP contribution in [0.1, 0.15) is 38.5 Å². The lowest BCUT2D eigenvalue weighted by atomic mass is 9.53. The van der Waals surface area contributed by atoms with E-state index >= 15 is 0 Å². The predicted octanol–water partition coefficient (Wildman–Crippen LogP) is 3.44. The minimum Gasteiger partial charge on any atom is -0.486 e. The molecule has 5 nitrogen and oxygen atoms in total. The van der Waals surface area contributed by atoms with Gasteiger partial charge in [0.05, 0.1) is 6.54 Å². The first-order valence-corrected chi connectivity index (χ1v) is 10.0. The lowest BCUT2D eigenvalue weighted by molar-refractivity contribution is -0.0161. The van der Waals surface area contributed by atoms with Crippen LogP contribution < -0.4 is 14.8 Å². The quantitative estimate of drug-likeness (QED) is 0.903. The van der Waals surface area contributed by atoms with Gasteiger partial charge < -0.3 is 19.7 Å². The minimum atomic E-state index is -0.128. The SMILES string of the molecule is CN(C[C@H]1COc2ccccc2O1)C(=O)NC12CC3CC(CC(C3)C1)C2. The van der Waals surface area contributed by atoms with E-state index in [9.17, 15) is 4.79 Å². The van der Waals surface area contributed by atoms with Gasteiger partial charge in [0, 0.05) is 12.6 Å². The van der Waals surface area contributed by atoms with E-state index in [-0.39, 0.29) is 17.7 Å². The van der Waals surface area contributed by atoms with E-state index in [1.807, 2.05) is 31.3 Å². The lowest BCUT2D eigenvalue weighted by Gasteiger charge is -2.57. The smallest absolute Gasteiger partial charge is 0.317 e. The average molecular weight is 356 g/mol. The zero-order valence-electron chi connectivity index (χ0n) is 15.4. The second-order valence-electron chi connectivity index (χ2n) is 9.01. The Bertz CT molecular complexity index is 669. The predicted molar refractivity (Wildman–Crippen MR) is 98.4 cm³/mol. The fourth-order valence-corrected chi connectivity index (χ4v) is 6.13. The molecule has 2 amide bonds. The fourth-order valence-electron chi connectivity index (χ4n) is 6.13. The molecule has 0 radical (unpaired) electrons. The summed E-state index contributed by atoms with van der Waals surface area (Å²) in [4.78, 5) is 14.6. The maximum atomic E-state index is 12.9. The van der Waals surface area contributed by atoms with Gasteiger partial charge in [0.2, 0.25) is 0 Å². The molecule has 0 saturated heterocycles. The molecule has 0 unspecified atom stereocenters. The first-order chi connectivity index (χ1) is 12.6. The maximum Gasteiger partial charge on any atom is 0.317 e. The number of para-hydroxylation sites is 2. The third kappa shape index (κ3) is 2.91. The zero-order valence-corrected chi connectivity index (χ0v) is 15.4. The summed E-state index contributed by atoms with van der Waals surface area (Å²) in [6.45, 7) is 1.01. The van der Waals surface area contributed by atoms with Crippen LogP contribution >= 0.6 is 0 Å². The van der Waals surface area contributed by atoms with Crippen LogP contribution in [0.25, 0.3) is 0 Å². The number of urea groups is 1. The number of hydrogen-bond donors (Lipinski definition) is 1. The van der Waals surface area contributed by atoms with Gasteiger partial charge in [-0.25, -0.2) is 4.79 Å². The van der Waals surface area contributed by atoms with Crippen molar-refractivity contribution in [2.75, 3.05) is 20.2 Å².